The number of carbonyl (C=O) groups is 1. The Labute approximate surface area is 177 Å². The maximum atomic E-state index is 12.6. The Bertz CT molecular complexity index is 1120. The lowest BCUT2D eigenvalue weighted by molar-refractivity contribution is -0.129. The van der Waals surface area contributed by atoms with Crippen LogP contribution >= 0.6 is 0 Å². The zero-order valence-electron chi connectivity index (χ0n) is 17.5. The maximum Gasteiger partial charge on any atom is 0.295 e. The lowest BCUT2D eigenvalue weighted by Crippen LogP contribution is -2.42. The number of aryl methyl sites for hydroxylation is 1. The second-order valence-electron chi connectivity index (χ2n) is 9.71. The molecule has 0 unspecified atom stereocenters. The number of Topliss-reactive ketones (excluding diaryl/α,β-unsaturated/α-hetero) is 1. The van der Waals surface area contributed by atoms with E-state index in [-0.39, 0.29) is 5.41 Å². The van der Waals surface area contributed by atoms with Crippen LogP contribution in [0.4, 0.5) is 6.01 Å². The molecule has 0 spiro atoms. The molecule has 1 heterocycles. The van der Waals surface area contributed by atoms with Crippen LogP contribution in [0.1, 0.15) is 61.6 Å². The zero-order chi connectivity index (χ0) is 20.3. The van der Waals surface area contributed by atoms with E-state index >= 15 is 0 Å². The van der Waals surface area contributed by atoms with Gasteiger partial charge in [-0.25, -0.2) is 0 Å². The summed E-state index contributed by atoms with van der Waals surface area (Å²) in [5, 5.41) is 3.32. The number of ketones is 1. The highest BCUT2D eigenvalue weighted by atomic mass is 16.4. The molecule has 4 nitrogen and oxygen atoms in total. The van der Waals surface area contributed by atoms with E-state index in [0.717, 1.165) is 43.2 Å². The van der Waals surface area contributed by atoms with Gasteiger partial charge in [0.1, 0.15) is 11.3 Å². The van der Waals surface area contributed by atoms with E-state index in [4.69, 9.17) is 9.40 Å². The summed E-state index contributed by atoms with van der Waals surface area (Å²) < 4.78 is 6.02. The first kappa shape index (κ1) is 18.2. The second-order valence-corrected chi connectivity index (χ2v) is 9.71. The van der Waals surface area contributed by atoms with Gasteiger partial charge in [-0.05, 0) is 78.7 Å². The van der Waals surface area contributed by atoms with Crippen molar-refractivity contribution in [3.8, 4) is 0 Å². The number of benzene rings is 2. The molecule has 0 bridgehead atoms. The number of fused-ring (bicyclic) bond motifs is 6. The molecular weight excluding hydrogens is 372 g/mol. The average Bonchev–Trinajstić information content (AvgIpc) is 3.31. The average molecular weight is 401 g/mol. The van der Waals surface area contributed by atoms with Crippen molar-refractivity contribution in [1.29, 1.82) is 0 Å². The number of nitrogens with one attached hydrogen (secondary N) is 1. The monoisotopic (exact) mass is 400 g/mol. The van der Waals surface area contributed by atoms with Gasteiger partial charge in [0.2, 0.25) is 0 Å². The first-order chi connectivity index (χ1) is 14.6. The lowest BCUT2D eigenvalue weighted by atomic mass is 9.55. The summed E-state index contributed by atoms with van der Waals surface area (Å²) in [6, 6.07) is 15.4. The summed E-state index contributed by atoms with van der Waals surface area (Å²) in [5.41, 5.74) is 5.84. The van der Waals surface area contributed by atoms with E-state index in [9.17, 15) is 4.79 Å². The Morgan fingerprint density at radius 1 is 1.13 bits per heavy atom. The van der Waals surface area contributed by atoms with Gasteiger partial charge in [0.05, 0.1) is 0 Å². The number of rotatable bonds is 3. The Balaban J connectivity index is 1.29. The van der Waals surface area contributed by atoms with Crippen molar-refractivity contribution in [2.45, 2.75) is 57.9 Å². The minimum atomic E-state index is -0.0643. The Morgan fingerprint density at radius 2 is 2.00 bits per heavy atom. The molecule has 1 N–H and O–H groups in total. The minimum Gasteiger partial charge on any atom is -0.424 e. The quantitative estimate of drug-likeness (QED) is 0.598. The predicted octanol–water partition coefficient (Wildman–Crippen LogP) is 5.87. The third-order valence-electron chi connectivity index (χ3n) is 8.23. The van der Waals surface area contributed by atoms with Crippen LogP contribution in [0.5, 0.6) is 0 Å². The van der Waals surface area contributed by atoms with E-state index in [1.54, 1.807) is 0 Å². The highest BCUT2D eigenvalue weighted by molar-refractivity contribution is 5.87. The molecule has 2 saturated carbocycles. The summed E-state index contributed by atoms with van der Waals surface area (Å²) in [4.78, 5) is 17.3. The summed E-state index contributed by atoms with van der Waals surface area (Å²) in [5.74, 6) is 2.29. The molecule has 1 aromatic heterocycles. The fourth-order valence-corrected chi connectivity index (χ4v) is 6.61. The molecule has 0 saturated heterocycles. The van der Waals surface area contributed by atoms with E-state index in [1.165, 1.54) is 23.1 Å². The summed E-state index contributed by atoms with van der Waals surface area (Å²) in [6.45, 7) is 2.94. The third kappa shape index (κ3) is 2.73. The van der Waals surface area contributed by atoms with Crippen molar-refractivity contribution in [2.24, 2.45) is 17.3 Å². The number of carbonyl (C=O) groups excluding carboxylic acids is 1. The van der Waals surface area contributed by atoms with Gasteiger partial charge in [-0.3, -0.25) is 4.79 Å². The highest BCUT2D eigenvalue weighted by Gasteiger charge is 2.54. The maximum absolute atomic E-state index is 12.6. The van der Waals surface area contributed by atoms with Gasteiger partial charge < -0.3 is 9.73 Å². The van der Waals surface area contributed by atoms with Crippen LogP contribution in [0.25, 0.3) is 11.1 Å². The van der Waals surface area contributed by atoms with Crippen LogP contribution in [-0.2, 0) is 17.8 Å². The molecule has 4 atom stereocenters. The first-order valence-electron chi connectivity index (χ1n) is 11.4. The van der Waals surface area contributed by atoms with Crippen LogP contribution in [0.15, 0.2) is 46.9 Å². The van der Waals surface area contributed by atoms with Crippen molar-refractivity contribution >= 4 is 22.9 Å². The summed E-state index contributed by atoms with van der Waals surface area (Å²) in [7, 11) is 0. The molecule has 4 heteroatoms. The van der Waals surface area contributed by atoms with E-state index in [1.807, 2.05) is 18.2 Å². The SMILES string of the molecule is C[C@]12CC[C@@H]3c4cc5nc(NCc6ccccc6)oc5cc4CC[C@H]3[C@@H]1CCC2=O. The molecule has 154 valence electrons. The Hall–Kier alpha value is -2.62. The van der Waals surface area contributed by atoms with Crippen LogP contribution in [0.2, 0.25) is 0 Å². The summed E-state index contributed by atoms with van der Waals surface area (Å²) >= 11 is 0. The second kappa shape index (κ2) is 6.69. The number of oxazole rings is 1. The molecule has 2 fully saturated rings. The molecule has 0 amide bonds. The topological polar surface area (TPSA) is 55.1 Å². The Kier molecular flexibility index (Phi) is 4.06. The normalized spacial score (nSPS) is 30.0. The lowest BCUT2D eigenvalue weighted by Gasteiger charge is -2.48. The highest BCUT2D eigenvalue weighted by Crippen LogP contribution is 2.59. The van der Waals surface area contributed by atoms with E-state index in [2.05, 4.69) is 36.5 Å². The number of anilines is 1. The fraction of sp³-hybridized carbons (Fsp3) is 0.462. The van der Waals surface area contributed by atoms with Gasteiger partial charge in [0, 0.05) is 18.4 Å². The molecule has 3 aliphatic rings. The zero-order valence-corrected chi connectivity index (χ0v) is 17.5. The standard InChI is InChI=1S/C26H28N2O2/c1-26-12-11-18-19(21(26)9-10-24(26)29)8-7-17-13-23-22(14-20(17)18)28-25(30-23)27-15-16-5-3-2-4-6-16/h2-6,13-14,18-19,21H,7-12,15H2,1H3,(H,27,28)/t18-,19+,21-,26-/m0/s1. The van der Waals surface area contributed by atoms with Crippen LogP contribution in [0, 0.1) is 17.3 Å². The van der Waals surface area contributed by atoms with Crippen molar-refractivity contribution in [1.82, 2.24) is 4.98 Å². The molecule has 3 aromatic rings. The minimum absolute atomic E-state index is 0.0643. The largest absolute Gasteiger partial charge is 0.424 e. The molecule has 0 aliphatic heterocycles. The molecule has 2 aromatic carbocycles. The van der Waals surface area contributed by atoms with Crippen molar-refractivity contribution in [3.05, 3.63) is 59.2 Å². The predicted molar refractivity (Wildman–Crippen MR) is 117 cm³/mol. The Morgan fingerprint density at radius 3 is 2.87 bits per heavy atom. The van der Waals surface area contributed by atoms with E-state index < -0.39 is 0 Å². The number of aromatic nitrogens is 1. The number of hydrogen-bond donors (Lipinski definition) is 1. The van der Waals surface area contributed by atoms with Crippen molar-refractivity contribution in [2.75, 3.05) is 5.32 Å². The molecule has 0 radical (unpaired) electrons. The molecule has 6 rings (SSSR count). The molecular formula is C26H28N2O2. The van der Waals surface area contributed by atoms with Crippen LogP contribution in [0.3, 0.4) is 0 Å². The number of hydrogen-bond acceptors (Lipinski definition) is 4. The van der Waals surface area contributed by atoms with Gasteiger partial charge in [0.15, 0.2) is 5.58 Å². The van der Waals surface area contributed by atoms with Crippen molar-refractivity contribution in [3.63, 3.8) is 0 Å². The van der Waals surface area contributed by atoms with Gasteiger partial charge >= 0.3 is 0 Å². The smallest absolute Gasteiger partial charge is 0.295 e. The summed E-state index contributed by atoms with van der Waals surface area (Å²) in [6.07, 6.45) is 6.32. The van der Waals surface area contributed by atoms with Crippen LogP contribution < -0.4 is 5.32 Å². The number of nitrogens with zero attached hydrogens (tertiary/aromatic N) is 1. The third-order valence-corrected chi connectivity index (χ3v) is 8.23. The van der Waals surface area contributed by atoms with Gasteiger partial charge in [-0.15, -0.1) is 0 Å². The molecule has 30 heavy (non-hydrogen) atoms. The van der Waals surface area contributed by atoms with Gasteiger partial charge in [-0.1, -0.05) is 37.3 Å². The van der Waals surface area contributed by atoms with Gasteiger partial charge in [0.25, 0.3) is 6.01 Å². The van der Waals surface area contributed by atoms with Crippen molar-refractivity contribution < 1.29 is 9.21 Å². The van der Waals surface area contributed by atoms with E-state index in [0.29, 0.717) is 36.1 Å². The first-order valence-corrected chi connectivity index (χ1v) is 11.4. The fourth-order valence-electron chi connectivity index (χ4n) is 6.61. The molecule has 3 aliphatic carbocycles. The van der Waals surface area contributed by atoms with Crippen LogP contribution in [-0.4, -0.2) is 10.8 Å². The van der Waals surface area contributed by atoms with Gasteiger partial charge in [-0.2, -0.15) is 4.98 Å².